The third-order valence-corrected chi connectivity index (χ3v) is 4.09. The van der Waals surface area contributed by atoms with Gasteiger partial charge in [-0.15, -0.1) is 10.2 Å². The molecule has 0 N–H and O–H groups in total. The normalized spacial score (nSPS) is 10.6. The van der Waals surface area contributed by atoms with Crippen LogP contribution >= 0.6 is 11.6 Å². The Bertz CT molecular complexity index is 877. The van der Waals surface area contributed by atoms with Crippen LogP contribution in [0.15, 0.2) is 48.5 Å². The summed E-state index contributed by atoms with van der Waals surface area (Å²) in [6.45, 7) is 0.509. The number of likely N-dealkylation sites (N-methyl/N-ethyl adjacent to an activating group) is 1. The predicted molar refractivity (Wildman–Crippen MR) is 97.7 cm³/mol. The summed E-state index contributed by atoms with van der Waals surface area (Å²) in [7, 11) is 3.36. The van der Waals surface area contributed by atoms with E-state index in [0.717, 1.165) is 16.9 Å². The number of hydrogen-bond acceptors (Lipinski definition) is 5. The second-order valence-corrected chi connectivity index (χ2v) is 6.18. The van der Waals surface area contributed by atoms with Crippen LogP contribution in [0.5, 0.6) is 5.75 Å². The van der Waals surface area contributed by atoms with Crippen LogP contribution in [0, 0.1) is 0 Å². The highest BCUT2D eigenvalue weighted by Crippen LogP contribution is 2.17. The first-order valence-electron chi connectivity index (χ1n) is 7.96. The monoisotopic (exact) mass is 371 g/mol. The highest BCUT2D eigenvalue weighted by molar-refractivity contribution is 6.30. The minimum atomic E-state index is -0.110. The van der Waals surface area contributed by atoms with Crippen molar-refractivity contribution in [3.05, 3.63) is 59.1 Å². The van der Waals surface area contributed by atoms with E-state index in [2.05, 4.69) is 15.4 Å². The van der Waals surface area contributed by atoms with Gasteiger partial charge in [-0.2, -0.15) is 4.80 Å². The van der Waals surface area contributed by atoms with E-state index >= 15 is 0 Å². The number of hydrogen-bond donors (Lipinski definition) is 0. The molecule has 0 atom stereocenters. The summed E-state index contributed by atoms with van der Waals surface area (Å²) in [4.78, 5) is 15.3. The van der Waals surface area contributed by atoms with Gasteiger partial charge in [0.2, 0.25) is 11.7 Å². The Balaban J connectivity index is 1.61. The van der Waals surface area contributed by atoms with Crippen molar-refractivity contribution in [3.63, 3.8) is 0 Å². The Morgan fingerprint density at radius 3 is 2.50 bits per heavy atom. The van der Waals surface area contributed by atoms with Gasteiger partial charge in [0.05, 0.1) is 7.11 Å². The number of carbonyl (C=O) groups excluding carboxylic acids is 1. The number of carbonyl (C=O) groups is 1. The van der Waals surface area contributed by atoms with Gasteiger partial charge in [-0.3, -0.25) is 4.79 Å². The average molecular weight is 372 g/mol. The number of methoxy groups -OCH3 is 1. The fourth-order valence-corrected chi connectivity index (χ4v) is 2.49. The van der Waals surface area contributed by atoms with Crippen LogP contribution in [0.2, 0.25) is 5.02 Å². The van der Waals surface area contributed by atoms with E-state index in [9.17, 15) is 4.79 Å². The summed E-state index contributed by atoms with van der Waals surface area (Å²) in [6.07, 6.45) is 0. The molecule has 134 valence electrons. The maximum Gasteiger partial charge on any atom is 0.246 e. The maximum absolute atomic E-state index is 12.4. The summed E-state index contributed by atoms with van der Waals surface area (Å²) in [5, 5.41) is 12.8. The number of rotatable bonds is 6. The van der Waals surface area contributed by atoms with Crippen molar-refractivity contribution in [2.24, 2.45) is 0 Å². The largest absolute Gasteiger partial charge is 0.497 e. The van der Waals surface area contributed by atoms with E-state index in [4.69, 9.17) is 16.3 Å². The van der Waals surface area contributed by atoms with Gasteiger partial charge >= 0.3 is 0 Å². The van der Waals surface area contributed by atoms with Crippen LogP contribution in [-0.2, 0) is 17.9 Å². The van der Waals surface area contributed by atoms with Crippen molar-refractivity contribution in [1.82, 2.24) is 25.1 Å². The van der Waals surface area contributed by atoms with E-state index in [0.29, 0.717) is 17.4 Å². The molecule has 2 aromatic carbocycles. The van der Waals surface area contributed by atoms with Crippen molar-refractivity contribution < 1.29 is 9.53 Å². The van der Waals surface area contributed by atoms with Crippen LogP contribution in [0.1, 0.15) is 5.56 Å². The van der Waals surface area contributed by atoms with Crippen LogP contribution in [0.4, 0.5) is 0 Å². The summed E-state index contributed by atoms with van der Waals surface area (Å²) < 4.78 is 5.13. The van der Waals surface area contributed by atoms with E-state index in [1.165, 1.54) is 4.80 Å². The molecule has 0 spiro atoms. The Labute approximate surface area is 156 Å². The van der Waals surface area contributed by atoms with Gasteiger partial charge in [0.25, 0.3) is 0 Å². The highest BCUT2D eigenvalue weighted by Gasteiger charge is 2.13. The Morgan fingerprint density at radius 2 is 1.85 bits per heavy atom. The average Bonchev–Trinajstić information content (AvgIpc) is 3.11. The summed E-state index contributed by atoms with van der Waals surface area (Å²) >= 11 is 5.87. The Morgan fingerprint density at radius 1 is 1.15 bits per heavy atom. The molecule has 0 aliphatic carbocycles. The molecule has 0 aliphatic heterocycles. The number of amides is 1. The molecule has 0 bridgehead atoms. The first-order valence-corrected chi connectivity index (χ1v) is 8.33. The first-order chi connectivity index (χ1) is 12.5. The van der Waals surface area contributed by atoms with Gasteiger partial charge in [-0.1, -0.05) is 23.7 Å². The molecule has 26 heavy (non-hydrogen) atoms. The Hall–Kier alpha value is -2.93. The van der Waals surface area contributed by atoms with Crippen molar-refractivity contribution in [2.45, 2.75) is 13.1 Å². The summed E-state index contributed by atoms with van der Waals surface area (Å²) in [6, 6.07) is 14.7. The lowest BCUT2D eigenvalue weighted by atomic mass is 10.2. The highest BCUT2D eigenvalue weighted by atomic mass is 35.5. The van der Waals surface area contributed by atoms with E-state index < -0.39 is 0 Å². The van der Waals surface area contributed by atoms with Crippen molar-refractivity contribution in [2.75, 3.05) is 14.2 Å². The van der Waals surface area contributed by atoms with Gasteiger partial charge in [0.15, 0.2) is 0 Å². The van der Waals surface area contributed by atoms with Crippen molar-refractivity contribution in [1.29, 1.82) is 0 Å². The maximum atomic E-state index is 12.4. The molecule has 3 aromatic rings. The van der Waals surface area contributed by atoms with Crippen LogP contribution < -0.4 is 4.74 Å². The molecule has 0 saturated carbocycles. The molecule has 0 aliphatic rings. The molecule has 1 heterocycles. The summed E-state index contributed by atoms with van der Waals surface area (Å²) in [5.41, 5.74) is 1.80. The van der Waals surface area contributed by atoms with Gasteiger partial charge in [-0.05, 0) is 47.2 Å². The van der Waals surface area contributed by atoms with E-state index in [1.807, 2.05) is 24.3 Å². The van der Waals surface area contributed by atoms with Gasteiger partial charge in [0, 0.05) is 24.2 Å². The number of aromatic nitrogens is 4. The zero-order chi connectivity index (χ0) is 18.5. The summed E-state index contributed by atoms with van der Waals surface area (Å²) in [5.74, 6) is 1.12. The molecule has 0 saturated heterocycles. The molecular formula is C18H18ClN5O2. The lowest BCUT2D eigenvalue weighted by Gasteiger charge is -2.16. The molecular weight excluding hydrogens is 354 g/mol. The lowest BCUT2D eigenvalue weighted by Crippen LogP contribution is -2.30. The third-order valence-electron chi connectivity index (χ3n) is 3.84. The van der Waals surface area contributed by atoms with Crippen LogP contribution in [0.3, 0.4) is 0 Å². The third kappa shape index (κ3) is 4.37. The zero-order valence-electron chi connectivity index (χ0n) is 14.5. The molecule has 1 amide bonds. The van der Waals surface area contributed by atoms with Crippen molar-refractivity contribution in [3.8, 4) is 17.1 Å². The smallest absolute Gasteiger partial charge is 0.246 e. The topological polar surface area (TPSA) is 73.1 Å². The lowest BCUT2D eigenvalue weighted by molar-refractivity contribution is -0.131. The first kappa shape index (κ1) is 17.9. The standard InChI is InChI=1S/C18H18ClN5O2/c1-23(11-13-3-9-16(26-2)10-4-13)17(25)12-24-21-18(20-22-24)14-5-7-15(19)8-6-14/h3-10H,11-12H2,1-2H3. The fourth-order valence-electron chi connectivity index (χ4n) is 2.36. The quantitative estimate of drug-likeness (QED) is 0.666. The second kappa shape index (κ2) is 7.97. The molecule has 0 radical (unpaired) electrons. The fraction of sp³-hybridized carbons (Fsp3) is 0.222. The number of ether oxygens (including phenoxy) is 1. The molecule has 7 nitrogen and oxygen atoms in total. The predicted octanol–water partition coefficient (Wildman–Crippen LogP) is 2.66. The molecule has 0 unspecified atom stereocenters. The number of nitrogens with zero attached hydrogens (tertiary/aromatic N) is 5. The molecule has 8 heteroatoms. The van der Waals surface area contributed by atoms with Crippen LogP contribution in [-0.4, -0.2) is 45.2 Å². The van der Waals surface area contributed by atoms with Crippen molar-refractivity contribution >= 4 is 17.5 Å². The number of benzene rings is 2. The second-order valence-electron chi connectivity index (χ2n) is 5.75. The minimum Gasteiger partial charge on any atom is -0.497 e. The minimum absolute atomic E-state index is 0.0211. The number of tetrazole rings is 1. The molecule has 1 aromatic heterocycles. The van der Waals surface area contributed by atoms with Gasteiger partial charge in [-0.25, -0.2) is 0 Å². The molecule has 0 fully saturated rings. The van der Waals surface area contributed by atoms with Gasteiger partial charge in [0.1, 0.15) is 12.3 Å². The SMILES string of the molecule is COc1ccc(CN(C)C(=O)Cn2nnc(-c3ccc(Cl)cc3)n2)cc1. The van der Waals surface area contributed by atoms with E-state index in [-0.39, 0.29) is 12.5 Å². The van der Waals surface area contributed by atoms with Crippen LogP contribution in [0.25, 0.3) is 11.4 Å². The number of halogens is 1. The Kier molecular flexibility index (Phi) is 5.48. The van der Waals surface area contributed by atoms with E-state index in [1.54, 1.807) is 43.3 Å². The molecule has 3 rings (SSSR count). The van der Waals surface area contributed by atoms with Gasteiger partial charge < -0.3 is 9.64 Å². The zero-order valence-corrected chi connectivity index (χ0v) is 15.2.